The van der Waals surface area contributed by atoms with Gasteiger partial charge in [-0.2, -0.15) is 0 Å². The molecule has 0 aromatic heterocycles. The molecule has 2 N–H and O–H groups in total. The summed E-state index contributed by atoms with van der Waals surface area (Å²) in [5.74, 6) is -1.10. The molecule has 2 aromatic rings. The minimum Gasteiger partial charge on any atom is -0.481 e. The van der Waals surface area contributed by atoms with Crippen molar-refractivity contribution >= 4 is 18.0 Å². The Balaban J connectivity index is 1.41. The summed E-state index contributed by atoms with van der Waals surface area (Å²) >= 11 is 0. The van der Waals surface area contributed by atoms with Crippen LogP contribution in [-0.4, -0.2) is 52.7 Å². The Labute approximate surface area is 206 Å². The summed E-state index contributed by atoms with van der Waals surface area (Å²) in [7, 11) is 0. The fourth-order valence-electron chi connectivity index (χ4n) is 5.53. The number of hydrogen-bond acceptors (Lipinski definition) is 4. The average Bonchev–Trinajstić information content (AvgIpc) is 3.40. The van der Waals surface area contributed by atoms with E-state index in [-0.39, 0.29) is 43.9 Å². The van der Waals surface area contributed by atoms with Gasteiger partial charge in [-0.05, 0) is 48.9 Å². The number of carbonyl (C=O) groups excluding carboxylic acids is 2. The van der Waals surface area contributed by atoms with Crippen LogP contribution in [0, 0.1) is 0 Å². The van der Waals surface area contributed by atoms with Crippen LogP contribution in [0.25, 0.3) is 11.1 Å². The van der Waals surface area contributed by atoms with Gasteiger partial charge in [-0.3, -0.25) is 9.59 Å². The molecule has 2 aliphatic rings. The van der Waals surface area contributed by atoms with Crippen molar-refractivity contribution in [2.24, 2.45) is 0 Å². The molecular formula is C28H34N2O5. The lowest BCUT2D eigenvalue weighted by Crippen LogP contribution is -2.51. The molecule has 2 aromatic carbocycles. The first-order valence-electron chi connectivity index (χ1n) is 12.4. The lowest BCUT2D eigenvalue weighted by Gasteiger charge is -2.34. The summed E-state index contributed by atoms with van der Waals surface area (Å²) in [5.41, 5.74) is 3.99. The number of hydrogen-bond donors (Lipinski definition) is 2. The summed E-state index contributed by atoms with van der Waals surface area (Å²) in [6.45, 7) is 4.13. The molecular weight excluding hydrogens is 444 g/mol. The van der Waals surface area contributed by atoms with Crippen molar-refractivity contribution in [2.45, 2.75) is 69.9 Å². The van der Waals surface area contributed by atoms with Crippen LogP contribution in [0.3, 0.4) is 0 Å². The third kappa shape index (κ3) is 5.50. The van der Waals surface area contributed by atoms with Crippen molar-refractivity contribution in [3.8, 4) is 11.1 Å². The highest BCUT2D eigenvalue weighted by Gasteiger charge is 2.40. The lowest BCUT2D eigenvalue weighted by atomic mass is 9.92. The molecule has 4 rings (SSSR count). The minimum atomic E-state index is -0.934. The molecule has 0 aliphatic heterocycles. The van der Waals surface area contributed by atoms with Crippen LogP contribution in [0.15, 0.2) is 48.5 Å². The Morgan fingerprint density at radius 3 is 2.14 bits per heavy atom. The van der Waals surface area contributed by atoms with Crippen LogP contribution < -0.4 is 5.32 Å². The number of benzene rings is 2. The minimum absolute atomic E-state index is 0.0261. The lowest BCUT2D eigenvalue weighted by molar-refractivity contribution is -0.139. The van der Waals surface area contributed by atoms with Crippen LogP contribution in [0.5, 0.6) is 0 Å². The van der Waals surface area contributed by atoms with E-state index in [9.17, 15) is 14.4 Å². The van der Waals surface area contributed by atoms with E-state index in [0.29, 0.717) is 12.8 Å². The predicted molar refractivity (Wildman–Crippen MR) is 133 cm³/mol. The molecule has 1 saturated carbocycles. The van der Waals surface area contributed by atoms with Gasteiger partial charge in [0.1, 0.15) is 6.61 Å². The average molecular weight is 479 g/mol. The number of amides is 2. The van der Waals surface area contributed by atoms with Crippen molar-refractivity contribution in [3.05, 3.63) is 59.7 Å². The van der Waals surface area contributed by atoms with Crippen LogP contribution in [0.1, 0.15) is 69.4 Å². The smallest absolute Gasteiger partial charge is 0.407 e. The third-order valence-electron chi connectivity index (χ3n) is 7.27. The monoisotopic (exact) mass is 478 g/mol. The first-order chi connectivity index (χ1) is 16.8. The van der Waals surface area contributed by atoms with E-state index in [2.05, 4.69) is 29.6 Å². The molecule has 0 radical (unpaired) electrons. The molecule has 1 fully saturated rings. The fraction of sp³-hybridized carbons (Fsp3) is 0.464. The largest absolute Gasteiger partial charge is 0.481 e. The normalized spacial score (nSPS) is 16.0. The second kappa shape index (κ2) is 10.5. The molecule has 0 atom stereocenters. The summed E-state index contributed by atoms with van der Waals surface area (Å²) in [6, 6.07) is 16.3. The molecule has 7 nitrogen and oxygen atoms in total. The van der Waals surface area contributed by atoms with Gasteiger partial charge < -0.3 is 20.1 Å². The SMILES string of the molecule is CC(C)N(CCC(=O)O)C(=O)CC1(NC(=O)OCC2c3ccccc3-c3ccccc32)CCCC1. The van der Waals surface area contributed by atoms with Crippen molar-refractivity contribution in [3.63, 3.8) is 0 Å². The standard InChI is InChI=1S/C28H34N2O5/c1-19(2)30(16-13-26(32)33)25(31)17-28(14-7-8-15-28)29-27(34)35-18-24-22-11-5-3-9-20(22)21-10-4-6-12-23(21)24/h3-6,9-12,19,24H,7-8,13-18H2,1-2H3,(H,29,34)(H,32,33). The number of nitrogens with zero attached hydrogens (tertiary/aromatic N) is 1. The van der Waals surface area contributed by atoms with Crippen LogP contribution in [0.2, 0.25) is 0 Å². The highest BCUT2D eigenvalue weighted by atomic mass is 16.5. The zero-order valence-electron chi connectivity index (χ0n) is 20.5. The zero-order valence-corrected chi connectivity index (χ0v) is 20.5. The summed E-state index contributed by atoms with van der Waals surface area (Å²) in [5, 5.41) is 12.1. The predicted octanol–water partition coefficient (Wildman–Crippen LogP) is 4.94. The topological polar surface area (TPSA) is 95.9 Å². The quantitative estimate of drug-likeness (QED) is 0.532. The number of alkyl carbamates (subject to hydrolysis) is 1. The van der Waals surface area contributed by atoms with E-state index in [1.54, 1.807) is 4.90 Å². The van der Waals surface area contributed by atoms with Gasteiger partial charge in [0, 0.05) is 18.5 Å². The number of aliphatic carboxylic acids is 1. The molecule has 7 heteroatoms. The van der Waals surface area contributed by atoms with Crippen LogP contribution in [-0.2, 0) is 14.3 Å². The molecule has 2 amide bonds. The van der Waals surface area contributed by atoms with E-state index in [1.165, 1.54) is 11.1 Å². The van der Waals surface area contributed by atoms with Gasteiger partial charge in [0.2, 0.25) is 5.91 Å². The molecule has 0 spiro atoms. The van der Waals surface area contributed by atoms with Crippen molar-refractivity contribution < 1.29 is 24.2 Å². The number of fused-ring (bicyclic) bond motifs is 3. The highest BCUT2D eigenvalue weighted by molar-refractivity contribution is 5.81. The fourth-order valence-corrected chi connectivity index (χ4v) is 5.53. The molecule has 0 heterocycles. The Hall–Kier alpha value is -3.35. The molecule has 0 saturated heterocycles. The Bertz CT molecular complexity index is 1040. The van der Waals surface area contributed by atoms with Crippen LogP contribution in [0.4, 0.5) is 4.79 Å². The Morgan fingerprint density at radius 2 is 1.60 bits per heavy atom. The van der Waals surface area contributed by atoms with Gasteiger partial charge in [-0.25, -0.2) is 4.79 Å². The van der Waals surface area contributed by atoms with E-state index in [4.69, 9.17) is 9.84 Å². The summed E-state index contributed by atoms with van der Waals surface area (Å²) in [6.07, 6.45) is 2.79. The van der Waals surface area contributed by atoms with E-state index < -0.39 is 17.6 Å². The molecule has 35 heavy (non-hydrogen) atoms. The number of carbonyl (C=O) groups is 3. The highest BCUT2D eigenvalue weighted by Crippen LogP contribution is 2.44. The first kappa shape index (κ1) is 24.8. The van der Waals surface area contributed by atoms with Gasteiger partial charge in [0.15, 0.2) is 0 Å². The number of carboxylic acid groups (broad SMARTS) is 1. The summed E-state index contributed by atoms with van der Waals surface area (Å²) in [4.78, 5) is 38.7. The number of nitrogens with one attached hydrogen (secondary N) is 1. The number of rotatable bonds is 9. The van der Waals surface area contributed by atoms with Gasteiger partial charge >= 0.3 is 12.1 Å². The first-order valence-corrected chi connectivity index (χ1v) is 12.4. The van der Waals surface area contributed by atoms with Gasteiger partial charge in [-0.15, -0.1) is 0 Å². The summed E-state index contributed by atoms with van der Waals surface area (Å²) < 4.78 is 5.74. The molecule has 0 bridgehead atoms. The van der Waals surface area contributed by atoms with Crippen molar-refractivity contribution in [2.75, 3.05) is 13.2 Å². The maximum Gasteiger partial charge on any atom is 0.407 e. The van der Waals surface area contributed by atoms with Crippen molar-refractivity contribution in [1.82, 2.24) is 10.2 Å². The molecule has 2 aliphatic carbocycles. The molecule has 186 valence electrons. The molecule has 0 unspecified atom stereocenters. The van der Waals surface area contributed by atoms with Gasteiger partial charge in [0.05, 0.1) is 18.4 Å². The van der Waals surface area contributed by atoms with Gasteiger partial charge in [-0.1, -0.05) is 61.4 Å². The Kier molecular flexibility index (Phi) is 7.43. The zero-order chi connectivity index (χ0) is 25.0. The number of ether oxygens (including phenoxy) is 1. The second-order valence-electron chi connectivity index (χ2n) is 9.94. The Morgan fingerprint density at radius 1 is 1.03 bits per heavy atom. The number of carboxylic acids is 1. The van der Waals surface area contributed by atoms with Crippen molar-refractivity contribution in [1.29, 1.82) is 0 Å². The van der Waals surface area contributed by atoms with E-state index >= 15 is 0 Å². The van der Waals surface area contributed by atoms with Gasteiger partial charge in [0.25, 0.3) is 0 Å². The second-order valence-corrected chi connectivity index (χ2v) is 9.94. The maximum absolute atomic E-state index is 13.1. The maximum atomic E-state index is 13.1. The third-order valence-corrected chi connectivity index (χ3v) is 7.27. The van der Waals surface area contributed by atoms with E-state index in [0.717, 1.165) is 24.0 Å². The van der Waals surface area contributed by atoms with Crippen LogP contribution >= 0.6 is 0 Å². The van der Waals surface area contributed by atoms with E-state index in [1.807, 2.05) is 38.1 Å².